The molecule has 2 atom stereocenters. The summed E-state index contributed by atoms with van der Waals surface area (Å²) in [7, 11) is 0. The molecule has 0 aliphatic carbocycles. The number of nitrogens with zero attached hydrogens (tertiary/aromatic N) is 1. The van der Waals surface area contributed by atoms with Crippen LogP contribution in [0.2, 0.25) is 0 Å². The minimum atomic E-state index is 0.114. The van der Waals surface area contributed by atoms with Crippen molar-refractivity contribution in [2.75, 3.05) is 0 Å². The van der Waals surface area contributed by atoms with Crippen molar-refractivity contribution >= 4 is 5.78 Å². The molecule has 0 radical (unpaired) electrons. The van der Waals surface area contributed by atoms with Crippen molar-refractivity contribution in [3.63, 3.8) is 0 Å². The first-order valence-corrected chi connectivity index (χ1v) is 9.22. The zero-order valence-electron chi connectivity index (χ0n) is 14.8. The number of rotatable bonds is 4. The van der Waals surface area contributed by atoms with Crippen LogP contribution in [0, 0.1) is 0 Å². The number of piperidine rings is 1. The van der Waals surface area contributed by atoms with Crippen LogP contribution in [0.5, 0.6) is 0 Å². The molecule has 2 nitrogen and oxygen atoms in total. The number of ketones is 1. The highest BCUT2D eigenvalue weighted by atomic mass is 16.1. The maximum Gasteiger partial charge on any atom is 0.136 e. The highest BCUT2D eigenvalue weighted by Gasteiger charge is 2.36. The number of hydrogen-bond acceptors (Lipinski definition) is 2. The van der Waals surface area contributed by atoms with E-state index >= 15 is 0 Å². The molecule has 0 spiro atoms. The second-order valence-electron chi connectivity index (χ2n) is 6.96. The van der Waals surface area contributed by atoms with Crippen LogP contribution >= 0.6 is 0 Å². The van der Waals surface area contributed by atoms with Crippen LogP contribution in [0.3, 0.4) is 0 Å². The van der Waals surface area contributed by atoms with Crippen molar-refractivity contribution in [1.82, 2.24) is 4.90 Å². The van der Waals surface area contributed by atoms with Crippen molar-refractivity contribution < 1.29 is 4.79 Å². The molecule has 130 valence electrons. The minimum absolute atomic E-state index is 0.114. The summed E-state index contributed by atoms with van der Waals surface area (Å²) in [6.07, 6.45) is 1.17. The maximum atomic E-state index is 12.6. The van der Waals surface area contributed by atoms with E-state index < -0.39 is 0 Å². The zero-order chi connectivity index (χ0) is 17.8. The fraction of sp³-hybridized carbons (Fsp3) is 0.208. The lowest BCUT2D eigenvalue weighted by atomic mass is 9.86. The molecule has 0 bridgehead atoms. The van der Waals surface area contributed by atoms with Crippen molar-refractivity contribution in [3.8, 4) is 0 Å². The summed E-state index contributed by atoms with van der Waals surface area (Å²) in [4.78, 5) is 15.1. The molecule has 1 aliphatic rings. The molecule has 26 heavy (non-hydrogen) atoms. The standard InChI is InChI=1S/C24H23NO/c26-22-16-23(20-12-6-2-7-13-20)25(18-19-10-4-1-5-11-19)24(17-22)21-14-8-3-9-15-21/h1-15,23-24H,16-18H2/t23-,24+. The van der Waals surface area contributed by atoms with Crippen LogP contribution in [0.1, 0.15) is 41.6 Å². The quantitative estimate of drug-likeness (QED) is 0.639. The van der Waals surface area contributed by atoms with Gasteiger partial charge in [0.15, 0.2) is 0 Å². The number of hydrogen-bond donors (Lipinski definition) is 0. The topological polar surface area (TPSA) is 20.3 Å². The molecule has 3 aromatic rings. The van der Waals surface area contributed by atoms with E-state index in [0.717, 1.165) is 6.54 Å². The normalized spacial score (nSPS) is 20.8. The Bertz CT molecular complexity index is 794. The smallest absolute Gasteiger partial charge is 0.136 e. The van der Waals surface area contributed by atoms with Gasteiger partial charge in [0, 0.05) is 31.5 Å². The van der Waals surface area contributed by atoms with Crippen LogP contribution in [0.25, 0.3) is 0 Å². The Morgan fingerprint density at radius 3 is 1.54 bits per heavy atom. The highest BCUT2D eigenvalue weighted by Crippen LogP contribution is 2.41. The number of benzene rings is 3. The van der Waals surface area contributed by atoms with Crippen molar-refractivity contribution in [3.05, 3.63) is 108 Å². The fourth-order valence-corrected chi connectivity index (χ4v) is 3.95. The van der Waals surface area contributed by atoms with E-state index in [4.69, 9.17) is 0 Å². The van der Waals surface area contributed by atoms with Gasteiger partial charge >= 0.3 is 0 Å². The largest absolute Gasteiger partial charge is 0.300 e. The molecule has 0 unspecified atom stereocenters. The van der Waals surface area contributed by atoms with Crippen molar-refractivity contribution in [2.24, 2.45) is 0 Å². The average Bonchev–Trinajstić information content (AvgIpc) is 2.71. The number of likely N-dealkylation sites (tertiary alicyclic amines) is 1. The van der Waals surface area contributed by atoms with Gasteiger partial charge in [-0.1, -0.05) is 91.0 Å². The number of carbonyl (C=O) groups excluding carboxylic acids is 1. The van der Waals surface area contributed by atoms with Gasteiger partial charge in [0.2, 0.25) is 0 Å². The molecule has 3 aromatic carbocycles. The summed E-state index contributed by atoms with van der Waals surface area (Å²) < 4.78 is 0. The van der Waals surface area contributed by atoms with Gasteiger partial charge in [0.25, 0.3) is 0 Å². The van der Waals surface area contributed by atoms with Gasteiger partial charge in [-0.05, 0) is 16.7 Å². The van der Waals surface area contributed by atoms with E-state index in [0.29, 0.717) is 18.6 Å². The Morgan fingerprint density at radius 2 is 1.08 bits per heavy atom. The van der Waals surface area contributed by atoms with E-state index in [-0.39, 0.29) is 12.1 Å². The second-order valence-corrected chi connectivity index (χ2v) is 6.96. The summed E-state index contributed by atoms with van der Waals surface area (Å²) in [6, 6.07) is 31.7. The van der Waals surface area contributed by atoms with Crippen LogP contribution < -0.4 is 0 Å². The predicted octanol–water partition coefficient (Wildman–Crippen LogP) is 5.33. The summed E-state index contributed by atoms with van der Waals surface area (Å²) in [5.41, 5.74) is 3.72. The monoisotopic (exact) mass is 341 g/mol. The third-order valence-electron chi connectivity index (χ3n) is 5.22. The van der Waals surface area contributed by atoms with Gasteiger partial charge in [-0.3, -0.25) is 9.69 Å². The molecular weight excluding hydrogens is 318 g/mol. The van der Waals surface area contributed by atoms with Gasteiger partial charge in [0.05, 0.1) is 0 Å². The summed E-state index contributed by atoms with van der Waals surface area (Å²) in [5.74, 6) is 0.344. The van der Waals surface area contributed by atoms with E-state index in [1.54, 1.807) is 0 Å². The van der Waals surface area contributed by atoms with Gasteiger partial charge in [-0.2, -0.15) is 0 Å². The SMILES string of the molecule is O=C1C[C@H](c2ccccc2)N(Cc2ccccc2)[C@H](c2ccccc2)C1. The fourth-order valence-electron chi connectivity index (χ4n) is 3.95. The Kier molecular flexibility index (Phi) is 4.94. The molecule has 1 heterocycles. The van der Waals surface area contributed by atoms with Crippen LogP contribution in [-0.2, 0) is 11.3 Å². The maximum absolute atomic E-state index is 12.6. The third-order valence-corrected chi connectivity index (χ3v) is 5.22. The Labute approximate surface area is 155 Å². The first-order chi connectivity index (χ1) is 12.8. The summed E-state index contributed by atoms with van der Waals surface area (Å²) >= 11 is 0. The Balaban J connectivity index is 1.74. The van der Waals surface area contributed by atoms with Gasteiger partial charge in [-0.15, -0.1) is 0 Å². The van der Waals surface area contributed by atoms with Crippen molar-refractivity contribution in [2.45, 2.75) is 31.5 Å². The molecule has 4 rings (SSSR count). The molecule has 0 N–H and O–H groups in total. The van der Waals surface area contributed by atoms with E-state index in [1.165, 1.54) is 16.7 Å². The molecule has 0 aromatic heterocycles. The van der Waals surface area contributed by atoms with E-state index in [2.05, 4.69) is 77.7 Å². The van der Waals surface area contributed by atoms with E-state index in [1.807, 2.05) is 18.2 Å². The predicted molar refractivity (Wildman–Crippen MR) is 105 cm³/mol. The summed E-state index contributed by atoms with van der Waals surface area (Å²) in [6.45, 7) is 0.841. The molecular formula is C24H23NO. The van der Waals surface area contributed by atoms with Gasteiger partial charge in [-0.25, -0.2) is 0 Å². The first-order valence-electron chi connectivity index (χ1n) is 9.22. The Hall–Kier alpha value is -2.71. The molecule has 0 saturated carbocycles. The first kappa shape index (κ1) is 16.7. The lowest BCUT2D eigenvalue weighted by Crippen LogP contribution is -2.39. The average molecular weight is 341 g/mol. The number of carbonyl (C=O) groups is 1. The Morgan fingerprint density at radius 1 is 0.654 bits per heavy atom. The molecule has 1 saturated heterocycles. The van der Waals surface area contributed by atoms with Crippen LogP contribution in [0.15, 0.2) is 91.0 Å². The van der Waals surface area contributed by atoms with Gasteiger partial charge < -0.3 is 0 Å². The van der Waals surface area contributed by atoms with Crippen molar-refractivity contribution in [1.29, 1.82) is 0 Å². The molecule has 1 aliphatic heterocycles. The molecule has 1 fully saturated rings. The van der Waals surface area contributed by atoms with Gasteiger partial charge in [0.1, 0.15) is 5.78 Å². The molecule has 2 heteroatoms. The van der Waals surface area contributed by atoms with Crippen LogP contribution in [0.4, 0.5) is 0 Å². The third kappa shape index (κ3) is 3.61. The highest BCUT2D eigenvalue weighted by molar-refractivity contribution is 5.81. The lowest BCUT2D eigenvalue weighted by molar-refractivity contribution is -0.126. The lowest BCUT2D eigenvalue weighted by Gasteiger charge is -2.42. The second kappa shape index (κ2) is 7.67. The van der Waals surface area contributed by atoms with E-state index in [9.17, 15) is 4.79 Å². The minimum Gasteiger partial charge on any atom is -0.300 e. The number of Topliss-reactive ketones (excluding diaryl/α,β-unsaturated/α-hetero) is 1. The summed E-state index contributed by atoms with van der Waals surface area (Å²) in [5, 5.41) is 0. The van der Waals surface area contributed by atoms with Crippen LogP contribution in [-0.4, -0.2) is 10.7 Å². The zero-order valence-corrected chi connectivity index (χ0v) is 14.8. The molecule has 0 amide bonds.